The van der Waals surface area contributed by atoms with Crippen molar-refractivity contribution in [3.8, 4) is 0 Å². The number of aliphatic hydroxyl groups excluding tert-OH is 1. The summed E-state index contributed by atoms with van der Waals surface area (Å²) in [5, 5.41) is 10.7. The molecule has 1 heterocycles. The molecular weight excluding hydrogens is 214 g/mol. The van der Waals surface area contributed by atoms with Gasteiger partial charge in [0.15, 0.2) is 0 Å². The second-order valence-corrected chi connectivity index (χ2v) is 5.31. The van der Waals surface area contributed by atoms with Crippen molar-refractivity contribution in [3.05, 3.63) is 0 Å². The first-order valence-corrected chi connectivity index (χ1v) is 7.10. The van der Waals surface area contributed by atoms with Gasteiger partial charge in [-0.1, -0.05) is 20.8 Å². The molecule has 17 heavy (non-hydrogen) atoms. The molecule has 0 aromatic carbocycles. The Balaban J connectivity index is 2.75. The average Bonchev–Trinajstić information content (AvgIpc) is 2.39. The summed E-state index contributed by atoms with van der Waals surface area (Å²) in [5.74, 6) is 0.300. The fraction of sp³-hybridized carbons (Fsp3) is 1.00. The summed E-state index contributed by atoms with van der Waals surface area (Å²) in [5.41, 5.74) is -0.116. The molecule has 0 aromatic heterocycles. The highest BCUT2D eigenvalue weighted by Crippen LogP contribution is 2.31. The SMILES string of the molecule is CCN(CC)C(C)(CC)C(O)C1CCCOC1. The first kappa shape index (κ1) is 14.9. The Bertz CT molecular complexity index is 212. The second kappa shape index (κ2) is 6.72. The zero-order chi connectivity index (χ0) is 12.9. The molecule has 0 bridgehead atoms. The van der Waals surface area contributed by atoms with Crippen LogP contribution in [0.1, 0.15) is 47.0 Å². The third kappa shape index (κ3) is 3.21. The molecule has 1 saturated heterocycles. The highest BCUT2D eigenvalue weighted by Gasteiger charge is 2.40. The van der Waals surface area contributed by atoms with Gasteiger partial charge in [-0.15, -0.1) is 0 Å². The number of nitrogens with zero attached hydrogens (tertiary/aromatic N) is 1. The van der Waals surface area contributed by atoms with Crippen molar-refractivity contribution in [1.82, 2.24) is 4.90 Å². The molecule has 1 rings (SSSR count). The summed E-state index contributed by atoms with van der Waals surface area (Å²) < 4.78 is 5.51. The van der Waals surface area contributed by atoms with Gasteiger partial charge in [-0.3, -0.25) is 4.90 Å². The van der Waals surface area contributed by atoms with Gasteiger partial charge >= 0.3 is 0 Å². The molecule has 0 amide bonds. The Labute approximate surface area is 106 Å². The predicted octanol–water partition coefficient (Wildman–Crippen LogP) is 2.28. The number of ether oxygens (including phenoxy) is 1. The van der Waals surface area contributed by atoms with Crippen molar-refractivity contribution >= 4 is 0 Å². The number of aliphatic hydroxyl groups is 1. The fourth-order valence-corrected chi connectivity index (χ4v) is 3.09. The Kier molecular flexibility index (Phi) is 5.90. The van der Waals surface area contributed by atoms with Crippen molar-refractivity contribution in [3.63, 3.8) is 0 Å². The number of hydrogen-bond acceptors (Lipinski definition) is 3. The molecular formula is C14H29NO2. The van der Waals surface area contributed by atoms with E-state index in [1.54, 1.807) is 0 Å². The number of hydrogen-bond donors (Lipinski definition) is 1. The van der Waals surface area contributed by atoms with E-state index in [9.17, 15) is 5.11 Å². The standard InChI is InChI=1S/C14H29NO2/c1-5-14(4,15(6-2)7-3)13(16)12-9-8-10-17-11-12/h12-13,16H,5-11H2,1-4H3. The summed E-state index contributed by atoms with van der Waals surface area (Å²) in [6.45, 7) is 12.3. The fourth-order valence-electron chi connectivity index (χ4n) is 3.09. The lowest BCUT2D eigenvalue weighted by molar-refractivity contribution is -0.0870. The van der Waals surface area contributed by atoms with Crippen LogP contribution in [-0.2, 0) is 4.74 Å². The second-order valence-electron chi connectivity index (χ2n) is 5.31. The maximum absolute atomic E-state index is 10.7. The largest absolute Gasteiger partial charge is 0.391 e. The number of likely N-dealkylation sites (N-methyl/N-ethyl adjacent to an activating group) is 1. The van der Waals surface area contributed by atoms with E-state index < -0.39 is 0 Å². The molecule has 102 valence electrons. The van der Waals surface area contributed by atoms with Crippen LogP contribution in [0.4, 0.5) is 0 Å². The summed E-state index contributed by atoms with van der Waals surface area (Å²) >= 11 is 0. The van der Waals surface area contributed by atoms with Gasteiger partial charge < -0.3 is 9.84 Å². The van der Waals surface area contributed by atoms with Gasteiger partial charge in [0.1, 0.15) is 0 Å². The van der Waals surface area contributed by atoms with E-state index in [0.717, 1.165) is 45.6 Å². The lowest BCUT2D eigenvalue weighted by Gasteiger charge is -2.46. The molecule has 0 radical (unpaired) electrons. The van der Waals surface area contributed by atoms with E-state index >= 15 is 0 Å². The van der Waals surface area contributed by atoms with Gasteiger partial charge in [0, 0.05) is 18.1 Å². The molecule has 1 N–H and O–H groups in total. The Morgan fingerprint density at radius 3 is 2.41 bits per heavy atom. The third-order valence-electron chi connectivity index (χ3n) is 4.48. The molecule has 0 aromatic rings. The van der Waals surface area contributed by atoms with Crippen LogP contribution in [0.25, 0.3) is 0 Å². The maximum Gasteiger partial charge on any atom is 0.0771 e. The van der Waals surface area contributed by atoms with Crippen LogP contribution in [-0.4, -0.2) is 48.0 Å². The lowest BCUT2D eigenvalue weighted by Crippen LogP contribution is -2.57. The minimum Gasteiger partial charge on any atom is -0.391 e. The highest BCUT2D eigenvalue weighted by molar-refractivity contribution is 4.95. The van der Waals surface area contributed by atoms with E-state index in [4.69, 9.17) is 4.74 Å². The van der Waals surface area contributed by atoms with Gasteiger partial charge in [-0.2, -0.15) is 0 Å². The minimum absolute atomic E-state index is 0.116. The topological polar surface area (TPSA) is 32.7 Å². The monoisotopic (exact) mass is 243 g/mol. The molecule has 0 saturated carbocycles. The van der Waals surface area contributed by atoms with Crippen molar-refractivity contribution in [2.75, 3.05) is 26.3 Å². The normalized spacial score (nSPS) is 26.8. The minimum atomic E-state index is -0.285. The van der Waals surface area contributed by atoms with E-state index in [2.05, 4.69) is 32.6 Å². The van der Waals surface area contributed by atoms with Gasteiger partial charge in [0.25, 0.3) is 0 Å². The van der Waals surface area contributed by atoms with Crippen LogP contribution < -0.4 is 0 Å². The zero-order valence-corrected chi connectivity index (χ0v) is 11.9. The summed E-state index contributed by atoms with van der Waals surface area (Å²) in [4.78, 5) is 2.38. The third-order valence-corrected chi connectivity index (χ3v) is 4.48. The first-order chi connectivity index (χ1) is 8.10. The van der Waals surface area contributed by atoms with Crippen LogP contribution in [0.2, 0.25) is 0 Å². The molecule has 3 unspecified atom stereocenters. The molecule has 1 aliphatic rings. The molecule has 3 heteroatoms. The maximum atomic E-state index is 10.7. The van der Waals surface area contributed by atoms with Gasteiger partial charge in [-0.25, -0.2) is 0 Å². The van der Waals surface area contributed by atoms with Gasteiger partial charge in [0.2, 0.25) is 0 Å². The zero-order valence-electron chi connectivity index (χ0n) is 11.9. The Morgan fingerprint density at radius 2 is 2.00 bits per heavy atom. The van der Waals surface area contributed by atoms with Crippen molar-refractivity contribution in [2.24, 2.45) is 5.92 Å². The van der Waals surface area contributed by atoms with E-state index in [1.807, 2.05) is 0 Å². The predicted molar refractivity (Wildman–Crippen MR) is 71.2 cm³/mol. The molecule has 0 spiro atoms. The first-order valence-electron chi connectivity index (χ1n) is 7.10. The lowest BCUT2D eigenvalue weighted by atomic mass is 9.79. The van der Waals surface area contributed by atoms with Crippen LogP contribution in [0.3, 0.4) is 0 Å². The summed E-state index contributed by atoms with van der Waals surface area (Å²) in [7, 11) is 0. The van der Waals surface area contributed by atoms with Crippen molar-refractivity contribution < 1.29 is 9.84 Å². The smallest absolute Gasteiger partial charge is 0.0771 e. The molecule has 3 nitrogen and oxygen atoms in total. The van der Waals surface area contributed by atoms with Crippen molar-refractivity contribution in [2.45, 2.75) is 58.6 Å². The van der Waals surface area contributed by atoms with Crippen LogP contribution in [0.5, 0.6) is 0 Å². The summed E-state index contributed by atoms with van der Waals surface area (Å²) in [6.07, 6.45) is 2.87. The van der Waals surface area contributed by atoms with Crippen LogP contribution in [0, 0.1) is 5.92 Å². The quantitative estimate of drug-likeness (QED) is 0.777. The van der Waals surface area contributed by atoms with Gasteiger partial charge in [-0.05, 0) is 39.3 Å². The van der Waals surface area contributed by atoms with Crippen molar-refractivity contribution in [1.29, 1.82) is 0 Å². The Morgan fingerprint density at radius 1 is 1.35 bits per heavy atom. The van der Waals surface area contributed by atoms with E-state index in [-0.39, 0.29) is 11.6 Å². The van der Waals surface area contributed by atoms with E-state index in [0.29, 0.717) is 5.92 Å². The molecule has 1 fully saturated rings. The van der Waals surface area contributed by atoms with E-state index in [1.165, 1.54) is 0 Å². The Hall–Kier alpha value is -0.120. The molecule has 3 atom stereocenters. The van der Waals surface area contributed by atoms with Gasteiger partial charge in [0.05, 0.1) is 12.7 Å². The van der Waals surface area contributed by atoms with Crippen LogP contribution in [0.15, 0.2) is 0 Å². The average molecular weight is 243 g/mol. The highest BCUT2D eigenvalue weighted by atomic mass is 16.5. The molecule has 0 aliphatic carbocycles. The number of rotatable bonds is 6. The molecule has 1 aliphatic heterocycles. The van der Waals surface area contributed by atoms with Crippen LogP contribution >= 0.6 is 0 Å². The summed E-state index contributed by atoms with van der Waals surface area (Å²) in [6, 6.07) is 0.